The van der Waals surface area contributed by atoms with Crippen LogP contribution >= 0.6 is 11.6 Å². The normalized spacial score (nSPS) is 18.3. The Bertz CT molecular complexity index is 537. The van der Waals surface area contributed by atoms with Crippen LogP contribution in [0.3, 0.4) is 0 Å². The summed E-state index contributed by atoms with van der Waals surface area (Å²) in [6.07, 6.45) is 1.84. The molecule has 0 aromatic carbocycles. The molecule has 1 atom stereocenters. The summed E-state index contributed by atoms with van der Waals surface area (Å²) in [5.41, 5.74) is -0.345. The van der Waals surface area contributed by atoms with Gasteiger partial charge in [0.25, 0.3) is 11.6 Å². The highest BCUT2D eigenvalue weighted by Crippen LogP contribution is 2.25. The molecule has 2 heterocycles. The van der Waals surface area contributed by atoms with Gasteiger partial charge in [-0.1, -0.05) is 11.6 Å². The van der Waals surface area contributed by atoms with Crippen LogP contribution in [0.25, 0.3) is 0 Å². The Balaban J connectivity index is 2.21. The fraction of sp³-hybridized carbons (Fsp3) is 0.500. The maximum absolute atomic E-state index is 12.4. The molecule has 1 amide bonds. The lowest BCUT2D eigenvalue weighted by atomic mass is 10.1. The van der Waals surface area contributed by atoms with E-state index in [4.69, 9.17) is 16.3 Å². The van der Waals surface area contributed by atoms with Crippen LogP contribution in [0.1, 0.15) is 16.8 Å². The summed E-state index contributed by atoms with van der Waals surface area (Å²) in [6.45, 7) is 1.66. The molecule has 1 aromatic rings. The molecule has 0 aliphatic carbocycles. The average molecular weight is 300 g/mol. The van der Waals surface area contributed by atoms with Gasteiger partial charge >= 0.3 is 0 Å². The van der Waals surface area contributed by atoms with E-state index in [1.54, 1.807) is 12.0 Å². The first-order valence-corrected chi connectivity index (χ1v) is 6.49. The van der Waals surface area contributed by atoms with Crippen LogP contribution in [-0.2, 0) is 4.74 Å². The third kappa shape index (κ3) is 3.05. The smallest absolute Gasteiger partial charge is 0.300 e. The third-order valence-electron chi connectivity index (χ3n) is 3.25. The van der Waals surface area contributed by atoms with Gasteiger partial charge in [-0.3, -0.25) is 14.9 Å². The number of halogens is 1. The molecule has 8 heteroatoms. The van der Waals surface area contributed by atoms with Gasteiger partial charge < -0.3 is 9.64 Å². The Morgan fingerprint density at radius 1 is 1.70 bits per heavy atom. The molecule has 7 nitrogen and oxygen atoms in total. The first kappa shape index (κ1) is 14.7. The lowest BCUT2D eigenvalue weighted by Crippen LogP contribution is -2.29. The maximum atomic E-state index is 12.4. The van der Waals surface area contributed by atoms with E-state index in [-0.39, 0.29) is 28.2 Å². The number of likely N-dealkylation sites (tertiary alicyclic amines) is 1. The van der Waals surface area contributed by atoms with Gasteiger partial charge in [0, 0.05) is 26.1 Å². The van der Waals surface area contributed by atoms with Crippen LogP contribution in [0, 0.1) is 16.0 Å². The van der Waals surface area contributed by atoms with Gasteiger partial charge in [0.1, 0.15) is 16.9 Å². The average Bonchev–Trinajstić information content (AvgIpc) is 2.86. The molecule has 1 saturated heterocycles. The Hall–Kier alpha value is -1.73. The minimum Gasteiger partial charge on any atom is -0.384 e. The molecule has 1 aliphatic heterocycles. The van der Waals surface area contributed by atoms with E-state index in [1.165, 1.54) is 6.07 Å². The number of carbonyl (C=O) groups excluding carboxylic acids is 1. The van der Waals surface area contributed by atoms with Crippen molar-refractivity contribution in [2.45, 2.75) is 6.42 Å². The Kier molecular flexibility index (Phi) is 4.51. The fourth-order valence-corrected chi connectivity index (χ4v) is 2.46. The topological polar surface area (TPSA) is 85.6 Å². The van der Waals surface area contributed by atoms with Gasteiger partial charge in [-0.25, -0.2) is 4.98 Å². The van der Waals surface area contributed by atoms with Crippen LogP contribution in [0.5, 0.6) is 0 Å². The standard InChI is InChI=1S/C12H14ClN3O4/c1-20-7-8-2-3-15(6-8)12(17)9-4-11(13)14-5-10(9)16(18)19/h4-5,8H,2-3,6-7H2,1H3. The van der Waals surface area contributed by atoms with Crippen molar-refractivity contribution in [2.24, 2.45) is 5.92 Å². The summed E-state index contributed by atoms with van der Waals surface area (Å²) in [5, 5.41) is 11.0. The van der Waals surface area contributed by atoms with Crippen LogP contribution in [0.15, 0.2) is 12.3 Å². The summed E-state index contributed by atoms with van der Waals surface area (Å²) < 4.78 is 5.06. The molecule has 2 rings (SSSR count). The summed E-state index contributed by atoms with van der Waals surface area (Å²) in [4.78, 5) is 27.9. The number of hydrogen-bond donors (Lipinski definition) is 0. The van der Waals surface area contributed by atoms with Gasteiger partial charge in [0.2, 0.25) is 0 Å². The third-order valence-corrected chi connectivity index (χ3v) is 3.46. The van der Waals surface area contributed by atoms with E-state index in [0.29, 0.717) is 19.7 Å². The monoisotopic (exact) mass is 299 g/mol. The molecule has 108 valence electrons. The van der Waals surface area contributed by atoms with E-state index >= 15 is 0 Å². The molecule has 1 aliphatic rings. The summed E-state index contributed by atoms with van der Waals surface area (Å²) in [7, 11) is 1.61. The number of amides is 1. The second-order valence-corrected chi connectivity index (χ2v) is 5.03. The molecule has 0 bridgehead atoms. The number of nitrogens with zero attached hydrogens (tertiary/aromatic N) is 3. The molecule has 0 spiro atoms. The SMILES string of the molecule is COCC1CCN(C(=O)c2cc(Cl)ncc2[N+](=O)[O-])C1. The van der Waals surface area contributed by atoms with E-state index in [0.717, 1.165) is 12.6 Å². The van der Waals surface area contributed by atoms with Crippen molar-refractivity contribution in [2.75, 3.05) is 26.8 Å². The van der Waals surface area contributed by atoms with E-state index in [2.05, 4.69) is 4.98 Å². The highest BCUT2D eigenvalue weighted by atomic mass is 35.5. The number of rotatable bonds is 4. The molecule has 0 radical (unpaired) electrons. The molecular weight excluding hydrogens is 286 g/mol. The number of hydrogen-bond acceptors (Lipinski definition) is 5. The number of carbonyl (C=O) groups is 1. The minimum absolute atomic E-state index is 0.0203. The largest absolute Gasteiger partial charge is 0.384 e. The van der Waals surface area contributed by atoms with E-state index in [1.807, 2.05) is 0 Å². The van der Waals surface area contributed by atoms with Gasteiger partial charge in [-0.05, 0) is 12.5 Å². The highest BCUT2D eigenvalue weighted by Gasteiger charge is 2.31. The van der Waals surface area contributed by atoms with Crippen molar-refractivity contribution in [3.8, 4) is 0 Å². The molecular formula is C12H14ClN3O4. The summed E-state index contributed by atoms with van der Waals surface area (Å²) in [6, 6.07) is 1.24. The Labute approximate surface area is 120 Å². The molecule has 1 unspecified atom stereocenters. The van der Waals surface area contributed by atoms with Gasteiger partial charge in [-0.2, -0.15) is 0 Å². The van der Waals surface area contributed by atoms with Crippen molar-refractivity contribution in [1.82, 2.24) is 9.88 Å². The molecule has 1 aromatic heterocycles. The highest BCUT2D eigenvalue weighted by molar-refractivity contribution is 6.29. The molecule has 20 heavy (non-hydrogen) atoms. The zero-order chi connectivity index (χ0) is 14.7. The van der Waals surface area contributed by atoms with Crippen LogP contribution in [0.2, 0.25) is 5.15 Å². The number of nitro groups is 1. The summed E-state index contributed by atoms with van der Waals surface area (Å²) in [5.74, 6) is -0.125. The number of ether oxygens (including phenoxy) is 1. The lowest BCUT2D eigenvalue weighted by Gasteiger charge is -2.16. The first-order valence-electron chi connectivity index (χ1n) is 6.11. The molecule has 1 fully saturated rings. The zero-order valence-corrected chi connectivity index (χ0v) is 11.7. The fourth-order valence-electron chi connectivity index (χ4n) is 2.30. The van der Waals surface area contributed by atoms with Crippen LogP contribution < -0.4 is 0 Å². The first-order chi connectivity index (χ1) is 9.52. The number of pyridine rings is 1. The predicted octanol–water partition coefficient (Wildman–Crippen LogP) is 1.75. The van der Waals surface area contributed by atoms with Crippen molar-refractivity contribution in [3.05, 3.63) is 33.1 Å². The van der Waals surface area contributed by atoms with Crippen LogP contribution in [-0.4, -0.2) is 47.5 Å². The van der Waals surface area contributed by atoms with Crippen molar-refractivity contribution < 1.29 is 14.5 Å². The predicted molar refractivity (Wildman–Crippen MR) is 71.8 cm³/mol. The van der Waals surface area contributed by atoms with Crippen molar-refractivity contribution in [3.63, 3.8) is 0 Å². The Morgan fingerprint density at radius 3 is 3.10 bits per heavy atom. The van der Waals surface area contributed by atoms with Crippen molar-refractivity contribution in [1.29, 1.82) is 0 Å². The van der Waals surface area contributed by atoms with E-state index < -0.39 is 4.92 Å². The molecule has 0 saturated carbocycles. The van der Waals surface area contributed by atoms with Crippen molar-refractivity contribution >= 4 is 23.2 Å². The zero-order valence-electron chi connectivity index (χ0n) is 10.9. The quantitative estimate of drug-likeness (QED) is 0.480. The van der Waals surface area contributed by atoms with Gasteiger partial charge in [-0.15, -0.1) is 0 Å². The maximum Gasteiger partial charge on any atom is 0.300 e. The van der Waals surface area contributed by atoms with Gasteiger partial charge in [0.05, 0.1) is 11.5 Å². The molecule has 0 N–H and O–H groups in total. The lowest BCUT2D eigenvalue weighted by molar-refractivity contribution is -0.385. The van der Waals surface area contributed by atoms with Gasteiger partial charge in [0.15, 0.2) is 0 Å². The summed E-state index contributed by atoms with van der Waals surface area (Å²) >= 11 is 5.73. The second kappa shape index (κ2) is 6.15. The number of aromatic nitrogens is 1. The second-order valence-electron chi connectivity index (χ2n) is 4.64. The minimum atomic E-state index is -0.626. The Morgan fingerprint density at radius 2 is 2.45 bits per heavy atom. The van der Waals surface area contributed by atoms with Crippen LogP contribution in [0.4, 0.5) is 5.69 Å². The van der Waals surface area contributed by atoms with E-state index in [9.17, 15) is 14.9 Å². The number of methoxy groups -OCH3 is 1.